The SMILES string of the molecule is CNC(=O)NC(=O)C(C)N1CC(CO)C1. The molecule has 1 unspecified atom stereocenters. The monoisotopic (exact) mass is 215 g/mol. The van der Waals surface area contributed by atoms with Crippen LogP contribution >= 0.6 is 0 Å². The Hall–Kier alpha value is -1.14. The molecule has 1 saturated heterocycles. The number of amides is 3. The molecule has 1 fully saturated rings. The summed E-state index contributed by atoms with van der Waals surface area (Å²) in [6.07, 6.45) is 0. The van der Waals surface area contributed by atoms with Crippen LogP contribution in [0.25, 0.3) is 0 Å². The number of hydrogen-bond acceptors (Lipinski definition) is 4. The van der Waals surface area contributed by atoms with Crippen molar-refractivity contribution in [2.24, 2.45) is 5.92 Å². The predicted molar refractivity (Wildman–Crippen MR) is 54.2 cm³/mol. The Morgan fingerprint density at radius 2 is 2.13 bits per heavy atom. The van der Waals surface area contributed by atoms with Gasteiger partial charge in [0, 0.05) is 32.7 Å². The Kier molecular flexibility index (Phi) is 4.05. The fraction of sp³-hybridized carbons (Fsp3) is 0.778. The van der Waals surface area contributed by atoms with Crippen molar-refractivity contribution in [2.45, 2.75) is 13.0 Å². The summed E-state index contributed by atoms with van der Waals surface area (Å²) in [5.41, 5.74) is 0. The normalized spacial score (nSPS) is 19.1. The van der Waals surface area contributed by atoms with Crippen LogP contribution in [-0.4, -0.2) is 54.7 Å². The molecule has 0 aliphatic carbocycles. The summed E-state index contributed by atoms with van der Waals surface area (Å²) < 4.78 is 0. The molecular weight excluding hydrogens is 198 g/mol. The Bertz CT molecular complexity index is 251. The largest absolute Gasteiger partial charge is 0.396 e. The first-order chi connectivity index (χ1) is 7.08. The van der Waals surface area contributed by atoms with Crippen LogP contribution in [0.3, 0.4) is 0 Å². The number of likely N-dealkylation sites (tertiary alicyclic amines) is 1. The van der Waals surface area contributed by atoms with Crippen LogP contribution in [-0.2, 0) is 4.79 Å². The van der Waals surface area contributed by atoms with Crippen molar-refractivity contribution in [2.75, 3.05) is 26.7 Å². The second kappa shape index (κ2) is 5.09. The molecule has 3 amide bonds. The molecule has 1 heterocycles. The summed E-state index contributed by atoms with van der Waals surface area (Å²) in [4.78, 5) is 24.3. The van der Waals surface area contributed by atoms with Crippen molar-refractivity contribution in [1.29, 1.82) is 0 Å². The minimum Gasteiger partial charge on any atom is -0.396 e. The second-order valence-corrected chi connectivity index (χ2v) is 3.75. The molecule has 0 bridgehead atoms. The first-order valence-electron chi connectivity index (χ1n) is 4.96. The molecule has 0 saturated carbocycles. The lowest BCUT2D eigenvalue weighted by molar-refractivity contribution is -0.127. The van der Waals surface area contributed by atoms with Crippen LogP contribution in [0, 0.1) is 5.92 Å². The number of aliphatic hydroxyl groups excluding tert-OH is 1. The molecule has 1 atom stereocenters. The molecule has 1 rings (SSSR count). The van der Waals surface area contributed by atoms with Crippen molar-refractivity contribution in [3.63, 3.8) is 0 Å². The summed E-state index contributed by atoms with van der Waals surface area (Å²) >= 11 is 0. The number of hydrogen-bond donors (Lipinski definition) is 3. The molecule has 1 aliphatic rings. The first kappa shape index (κ1) is 11.9. The Labute approximate surface area is 88.6 Å². The summed E-state index contributed by atoms with van der Waals surface area (Å²) in [6, 6.07) is -0.823. The molecule has 15 heavy (non-hydrogen) atoms. The Balaban J connectivity index is 2.31. The van der Waals surface area contributed by atoms with Crippen molar-refractivity contribution in [1.82, 2.24) is 15.5 Å². The van der Waals surface area contributed by atoms with Gasteiger partial charge in [-0.1, -0.05) is 0 Å². The number of imide groups is 1. The quantitative estimate of drug-likeness (QED) is 0.549. The zero-order valence-corrected chi connectivity index (χ0v) is 8.99. The third kappa shape index (κ3) is 2.90. The molecule has 0 aromatic heterocycles. The summed E-state index contributed by atoms with van der Waals surface area (Å²) in [5, 5.41) is 13.4. The molecule has 0 spiro atoms. The zero-order chi connectivity index (χ0) is 11.4. The van der Waals surface area contributed by atoms with E-state index in [0.29, 0.717) is 13.1 Å². The number of urea groups is 1. The van der Waals surface area contributed by atoms with Crippen LogP contribution < -0.4 is 10.6 Å². The van der Waals surface area contributed by atoms with E-state index < -0.39 is 6.03 Å². The van der Waals surface area contributed by atoms with Gasteiger partial charge in [0.1, 0.15) is 0 Å². The van der Waals surface area contributed by atoms with Gasteiger partial charge in [-0.05, 0) is 6.92 Å². The van der Waals surface area contributed by atoms with E-state index >= 15 is 0 Å². The van der Waals surface area contributed by atoms with Gasteiger partial charge in [0.2, 0.25) is 5.91 Å². The van der Waals surface area contributed by atoms with E-state index in [-0.39, 0.29) is 24.5 Å². The van der Waals surface area contributed by atoms with E-state index in [4.69, 9.17) is 5.11 Å². The van der Waals surface area contributed by atoms with E-state index in [9.17, 15) is 9.59 Å². The van der Waals surface area contributed by atoms with E-state index in [1.807, 2.05) is 4.90 Å². The van der Waals surface area contributed by atoms with Crippen molar-refractivity contribution >= 4 is 11.9 Å². The van der Waals surface area contributed by atoms with Crippen LogP contribution in [0.1, 0.15) is 6.92 Å². The summed E-state index contributed by atoms with van der Waals surface area (Å²) in [5.74, 6) is -0.0500. The van der Waals surface area contributed by atoms with Crippen LogP contribution in [0.15, 0.2) is 0 Å². The molecule has 3 N–H and O–H groups in total. The highest BCUT2D eigenvalue weighted by molar-refractivity contribution is 5.96. The number of carbonyl (C=O) groups is 2. The average Bonchev–Trinajstić information content (AvgIpc) is 2.15. The number of carbonyl (C=O) groups excluding carboxylic acids is 2. The lowest BCUT2D eigenvalue weighted by Gasteiger charge is -2.41. The van der Waals surface area contributed by atoms with Gasteiger partial charge in [0.05, 0.1) is 6.04 Å². The van der Waals surface area contributed by atoms with Gasteiger partial charge < -0.3 is 10.4 Å². The van der Waals surface area contributed by atoms with Gasteiger partial charge in [0.25, 0.3) is 0 Å². The third-order valence-corrected chi connectivity index (χ3v) is 2.63. The van der Waals surface area contributed by atoms with E-state index in [1.54, 1.807) is 6.92 Å². The molecule has 0 aromatic rings. The maximum Gasteiger partial charge on any atom is 0.321 e. The maximum absolute atomic E-state index is 11.5. The zero-order valence-electron chi connectivity index (χ0n) is 8.99. The standard InChI is InChI=1S/C9H17N3O3/c1-6(8(14)11-9(15)10-2)12-3-7(4-12)5-13/h6-7,13H,3-5H2,1-2H3,(H2,10,11,14,15). The number of aliphatic hydroxyl groups is 1. The third-order valence-electron chi connectivity index (χ3n) is 2.63. The molecule has 6 nitrogen and oxygen atoms in total. The first-order valence-corrected chi connectivity index (χ1v) is 4.96. The highest BCUT2D eigenvalue weighted by atomic mass is 16.3. The van der Waals surface area contributed by atoms with Gasteiger partial charge >= 0.3 is 6.03 Å². The molecule has 1 aliphatic heterocycles. The highest BCUT2D eigenvalue weighted by Crippen LogP contribution is 2.17. The average molecular weight is 215 g/mol. The minimum atomic E-state index is -0.494. The fourth-order valence-electron chi connectivity index (χ4n) is 1.49. The maximum atomic E-state index is 11.5. The number of nitrogens with zero attached hydrogens (tertiary/aromatic N) is 1. The van der Waals surface area contributed by atoms with E-state index in [2.05, 4.69) is 10.6 Å². The van der Waals surface area contributed by atoms with Crippen LogP contribution in [0.5, 0.6) is 0 Å². The molecule has 6 heteroatoms. The topological polar surface area (TPSA) is 81.7 Å². The Morgan fingerprint density at radius 1 is 1.53 bits per heavy atom. The summed E-state index contributed by atoms with van der Waals surface area (Å²) in [6.45, 7) is 3.31. The number of nitrogens with one attached hydrogen (secondary N) is 2. The molecule has 0 radical (unpaired) electrons. The van der Waals surface area contributed by atoms with Gasteiger partial charge in [-0.15, -0.1) is 0 Å². The van der Waals surface area contributed by atoms with Crippen LogP contribution in [0.2, 0.25) is 0 Å². The van der Waals surface area contributed by atoms with E-state index in [1.165, 1.54) is 7.05 Å². The molecular formula is C9H17N3O3. The highest BCUT2D eigenvalue weighted by Gasteiger charge is 2.33. The number of rotatable bonds is 3. The van der Waals surface area contributed by atoms with Crippen molar-refractivity contribution < 1.29 is 14.7 Å². The van der Waals surface area contributed by atoms with Crippen molar-refractivity contribution in [3.05, 3.63) is 0 Å². The van der Waals surface area contributed by atoms with Gasteiger partial charge in [-0.3, -0.25) is 15.0 Å². The summed E-state index contributed by atoms with van der Waals surface area (Å²) in [7, 11) is 1.46. The minimum absolute atomic E-state index is 0.153. The second-order valence-electron chi connectivity index (χ2n) is 3.75. The van der Waals surface area contributed by atoms with Gasteiger partial charge in [-0.25, -0.2) is 4.79 Å². The van der Waals surface area contributed by atoms with Gasteiger partial charge in [-0.2, -0.15) is 0 Å². The lowest BCUT2D eigenvalue weighted by atomic mass is 9.99. The van der Waals surface area contributed by atoms with E-state index in [0.717, 1.165) is 0 Å². The lowest BCUT2D eigenvalue weighted by Crippen LogP contribution is -2.58. The van der Waals surface area contributed by atoms with Crippen molar-refractivity contribution in [3.8, 4) is 0 Å². The molecule has 86 valence electrons. The fourth-order valence-corrected chi connectivity index (χ4v) is 1.49. The molecule has 0 aromatic carbocycles. The predicted octanol–water partition coefficient (Wildman–Crippen LogP) is -1.25. The van der Waals surface area contributed by atoms with Crippen LogP contribution in [0.4, 0.5) is 4.79 Å². The Morgan fingerprint density at radius 3 is 2.60 bits per heavy atom. The van der Waals surface area contributed by atoms with Gasteiger partial charge in [0.15, 0.2) is 0 Å². The smallest absolute Gasteiger partial charge is 0.321 e.